The lowest BCUT2D eigenvalue weighted by atomic mass is 9.81. The van der Waals surface area contributed by atoms with Gasteiger partial charge in [0.05, 0.1) is 5.92 Å². The lowest BCUT2D eigenvalue weighted by Gasteiger charge is -2.25. The summed E-state index contributed by atoms with van der Waals surface area (Å²) in [5.74, 6) is -1.98. The van der Waals surface area contributed by atoms with Gasteiger partial charge in [-0.05, 0) is 43.4 Å². The van der Waals surface area contributed by atoms with E-state index in [0.29, 0.717) is 30.8 Å². The van der Waals surface area contributed by atoms with Crippen LogP contribution in [0.15, 0.2) is 18.2 Å². The number of hydrogen-bond acceptors (Lipinski definition) is 2. The van der Waals surface area contributed by atoms with Crippen LogP contribution < -0.4 is 5.32 Å². The Balaban J connectivity index is 1.81. The molecule has 2 rings (SSSR count). The van der Waals surface area contributed by atoms with Crippen LogP contribution in [0.2, 0.25) is 5.02 Å². The largest absolute Gasteiger partial charge is 0.481 e. The minimum absolute atomic E-state index is 0.107. The SMILES string of the molecule is O=C(O)C1CCCC(C(=O)NCCc2ccc(F)cc2Cl)C1. The van der Waals surface area contributed by atoms with Crippen LogP contribution >= 0.6 is 11.6 Å². The second kappa shape index (κ2) is 7.58. The van der Waals surface area contributed by atoms with E-state index in [0.717, 1.165) is 18.4 Å². The Labute approximate surface area is 133 Å². The molecule has 0 bridgehead atoms. The first-order valence-electron chi connectivity index (χ1n) is 7.42. The Morgan fingerprint density at radius 3 is 2.73 bits per heavy atom. The first-order valence-corrected chi connectivity index (χ1v) is 7.79. The Kier molecular flexibility index (Phi) is 5.77. The van der Waals surface area contributed by atoms with Gasteiger partial charge in [0.2, 0.25) is 5.91 Å². The van der Waals surface area contributed by atoms with E-state index in [4.69, 9.17) is 16.7 Å². The van der Waals surface area contributed by atoms with E-state index in [1.54, 1.807) is 6.07 Å². The maximum absolute atomic E-state index is 12.9. The highest BCUT2D eigenvalue weighted by atomic mass is 35.5. The van der Waals surface area contributed by atoms with Gasteiger partial charge in [0.1, 0.15) is 5.82 Å². The lowest BCUT2D eigenvalue weighted by molar-refractivity contribution is -0.144. The zero-order chi connectivity index (χ0) is 16.1. The molecule has 0 heterocycles. The Hall–Kier alpha value is -1.62. The predicted molar refractivity (Wildman–Crippen MR) is 81.2 cm³/mol. The van der Waals surface area contributed by atoms with Crippen molar-refractivity contribution in [1.82, 2.24) is 5.32 Å². The van der Waals surface area contributed by atoms with Crippen molar-refractivity contribution in [2.24, 2.45) is 11.8 Å². The van der Waals surface area contributed by atoms with E-state index in [2.05, 4.69) is 5.32 Å². The van der Waals surface area contributed by atoms with Gasteiger partial charge < -0.3 is 10.4 Å². The molecular formula is C16H19ClFNO3. The van der Waals surface area contributed by atoms with Gasteiger partial charge in [-0.25, -0.2) is 4.39 Å². The van der Waals surface area contributed by atoms with Crippen LogP contribution in [0.25, 0.3) is 0 Å². The number of benzene rings is 1. The van der Waals surface area contributed by atoms with Crippen molar-refractivity contribution in [2.75, 3.05) is 6.54 Å². The Morgan fingerprint density at radius 2 is 2.05 bits per heavy atom. The van der Waals surface area contributed by atoms with Crippen molar-refractivity contribution in [3.05, 3.63) is 34.6 Å². The fourth-order valence-corrected chi connectivity index (χ4v) is 3.10. The van der Waals surface area contributed by atoms with Crippen LogP contribution in [0.1, 0.15) is 31.2 Å². The highest BCUT2D eigenvalue weighted by Gasteiger charge is 2.30. The van der Waals surface area contributed by atoms with E-state index in [1.165, 1.54) is 12.1 Å². The van der Waals surface area contributed by atoms with Crippen molar-refractivity contribution >= 4 is 23.5 Å². The molecule has 1 aliphatic carbocycles. The summed E-state index contributed by atoms with van der Waals surface area (Å²) in [7, 11) is 0. The van der Waals surface area contributed by atoms with E-state index in [9.17, 15) is 14.0 Å². The van der Waals surface area contributed by atoms with Crippen LogP contribution in [-0.4, -0.2) is 23.5 Å². The van der Waals surface area contributed by atoms with Gasteiger partial charge in [-0.2, -0.15) is 0 Å². The fourth-order valence-electron chi connectivity index (χ4n) is 2.84. The average molecular weight is 328 g/mol. The molecule has 4 nitrogen and oxygen atoms in total. The summed E-state index contributed by atoms with van der Waals surface area (Å²) in [6.07, 6.45) is 3.05. The first-order chi connectivity index (χ1) is 10.5. The van der Waals surface area contributed by atoms with Crippen LogP contribution in [0, 0.1) is 17.7 Å². The van der Waals surface area contributed by atoms with E-state index in [1.807, 2.05) is 0 Å². The quantitative estimate of drug-likeness (QED) is 0.873. The smallest absolute Gasteiger partial charge is 0.306 e. The standard InChI is InChI=1S/C16H19ClFNO3/c17-14-9-13(18)5-4-10(14)6-7-19-15(20)11-2-1-3-12(8-11)16(21)22/h4-5,9,11-12H,1-3,6-8H2,(H,19,20)(H,21,22). The van der Waals surface area contributed by atoms with Crippen LogP contribution in [0.4, 0.5) is 4.39 Å². The zero-order valence-corrected chi connectivity index (χ0v) is 12.9. The maximum atomic E-state index is 12.9. The number of amides is 1. The normalized spacial score (nSPS) is 21.4. The number of nitrogens with one attached hydrogen (secondary N) is 1. The minimum atomic E-state index is -0.824. The molecule has 2 unspecified atom stereocenters. The fraction of sp³-hybridized carbons (Fsp3) is 0.500. The number of halogens is 2. The molecule has 0 aliphatic heterocycles. The molecule has 0 aromatic heterocycles. The maximum Gasteiger partial charge on any atom is 0.306 e. The van der Waals surface area contributed by atoms with Gasteiger partial charge in [0.25, 0.3) is 0 Å². The number of aliphatic carboxylic acids is 1. The Bertz CT molecular complexity index is 564. The van der Waals surface area contributed by atoms with Crippen LogP contribution in [0.5, 0.6) is 0 Å². The molecule has 2 atom stereocenters. The summed E-state index contributed by atoms with van der Waals surface area (Å²) in [5, 5.41) is 12.2. The molecule has 120 valence electrons. The number of rotatable bonds is 5. The molecule has 1 aromatic carbocycles. The highest BCUT2D eigenvalue weighted by molar-refractivity contribution is 6.31. The van der Waals surface area contributed by atoms with Crippen molar-refractivity contribution in [1.29, 1.82) is 0 Å². The first kappa shape index (κ1) is 16.7. The topological polar surface area (TPSA) is 66.4 Å². The minimum Gasteiger partial charge on any atom is -0.481 e. The molecule has 0 radical (unpaired) electrons. The van der Waals surface area contributed by atoms with Crippen molar-refractivity contribution in [2.45, 2.75) is 32.1 Å². The molecule has 1 aliphatic rings. The van der Waals surface area contributed by atoms with Crippen molar-refractivity contribution < 1.29 is 19.1 Å². The molecule has 0 spiro atoms. The number of carboxylic acids is 1. The second-order valence-corrected chi connectivity index (χ2v) is 6.08. The van der Waals surface area contributed by atoms with Crippen molar-refractivity contribution in [3.63, 3.8) is 0 Å². The monoisotopic (exact) mass is 327 g/mol. The van der Waals surface area contributed by atoms with Gasteiger partial charge in [0, 0.05) is 17.5 Å². The van der Waals surface area contributed by atoms with Crippen LogP contribution in [0.3, 0.4) is 0 Å². The second-order valence-electron chi connectivity index (χ2n) is 5.68. The molecule has 2 N–H and O–H groups in total. The van der Waals surface area contributed by atoms with Gasteiger partial charge in [-0.3, -0.25) is 9.59 Å². The van der Waals surface area contributed by atoms with Gasteiger partial charge in [0.15, 0.2) is 0 Å². The van der Waals surface area contributed by atoms with Crippen molar-refractivity contribution in [3.8, 4) is 0 Å². The van der Waals surface area contributed by atoms with Crippen LogP contribution in [-0.2, 0) is 16.0 Å². The van der Waals surface area contributed by atoms with E-state index < -0.39 is 11.9 Å². The molecule has 1 amide bonds. The highest BCUT2D eigenvalue weighted by Crippen LogP contribution is 2.29. The lowest BCUT2D eigenvalue weighted by Crippen LogP contribution is -2.36. The third-order valence-corrected chi connectivity index (χ3v) is 4.45. The molecule has 1 fully saturated rings. The Morgan fingerprint density at radius 1 is 1.32 bits per heavy atom. The summed E-state index contributed by atoms with van der Waals surface area (Å²) >= 11 is 5.93. The zero-order valence-electron chi connectivity index (χ0n) is 12.1. The summed E-state index contributed by atoms with van der Waals surface area (Å²) in [6.45, 7) is 0.401. The number of carbonyl (C=O) groups excluding carboxylic acids is 1. The summed E-state index contributed by atoms with van der Waals surface area (Å²) in [6, 6.07) is 4.18. The number of carboxylic acid groups (broad SMARTS) is 1. The molecule has 1 saturated carbocycles. The molecule has 22 heavy (non-hydrogen) atoms. The number of carbonyl (C=O) groups is 2. The van der Waals surface area contributed by atoms with E-state index >= 15 is 0 Å². The summed E-state index contributed by atoms with van der Waals surface area (Å²) in [5.41, 5.74) is 0.774. The molecule has 6 heteroatoms. The molecular weight excluding hydrogens is 309 g/mol. The van der Waals surface area contributed by atoms with E-state index in [-0.39, 0.29) is 17.6 Å². The molecule has 0 saturated heterocycles. The van der Waals surface area contributed by atoms with Gasteiger partial charge >= 0.3 is 5.97 Å². The van der Waals surface area contributed by atoms with Gasteiger partial charge in [-0.1, -0.05) is 24.1 Å². The van der Waals surface area contributed by atoms with Gasteiger partial charge in [-0.15, -0.1) is 0 Å². The molecule has 1 aromatic rings. The third-order valence-electron chi connectivity index (χ3n) is 4.10. The summed E-state index contributed by atoms with van der Waals surface area (Å²) in [4.78, 5) is 23.1. The summed E-state index contributed by atoms with van der Waals surface area (Å²) < 4.78 is 12.9. The predicted octanol–water partition coefficient (Wildman–Crippen LogP) is 3.03. The average Bonchev–Trinajstić information content (AvgIpc) is 2.49. The third kappa shape index (κ3) is 4.44. The number of hydrogen-bond donors (Lipinski definition) is 2.